The first-order valence-corrected chi connectivity index (χ1v) is 4.48. The molecule has 1 aliphatic rings. The molecule has 5 nitrogen and oxygen atoms in total. The van der Waals surface area contributed by atoms with Gasteiger partial charge >= 0.3 is 6.03 Å². The Balaban J connectivity index is 2.11. The molecule has 5 heteroatoms. The van der Waals surface area contributed by atoms with Crippen LogP contribution in [0.1, 0.15) is 6.92 Å². The van der Waals surface area contributed by atoms with Crippen LogP contribution in [0.4, 0.5) is 4.79 Å². The van der Waals surface area contributed by atoms with E-state index in [-0.39, 0.29) is 18.7 Å². The Bertz CT molecular complexity index is 175. The topological polar surface area (TPSA) is 61.8 Å². The van der Waals surface area contributed by atoms with E-state index < -0.39 is 0 Å². The third kappa shape index (κ3) is 3.20. The van der Waals surface area contributed by atoms with Crippen LogP contribution < -0.4 is 5.32 Å². The zero-order valence-corrected chi connectivity index (χ0v) is 7.82. The van der Waals surface area contributed by atoms with Crippen LogP contribution >= 0.6 is 0 Å². The average molecular weight is 188 g/mol. The highest BCUT2D eigenvalue weighted by Gasteiger charge is 2.24. The molecule has 1 rings (SSSR count). The summed E-state index contributed by atoms with van der Waals surface area (Å²) in [6, 6.07) is 0.199. The zero-order valence-electron chi connectivity index (χ0n) is 7.82. The molecule has 0 aliphatic carbocycles. The molecule has 1 aliphatic heterocycles. The molecule has 0 spiro atoms. The van der Waals surface area contributed by atoms with Gasteiger partial charge in [0.25, 0.3) is 0 Å². The highest BCUT2D eigenvalue weighted by molar-refractivity contribution is 5.76. The minimum atomic E-state index is -0.0277. The molecular formula is C8H16N2O3. The van der Waals surface area contributed by atoms with Crippen molar-refractivity contribution in [2.75, 3.05) is 32.9 Å². The highest BCUT2D eigenvalue weighted by Crippen LogP contribution is 2.01. The van der Waals surface area contributed by atoms with E-state index in [1.54, 1.807) is 4.90 Å². The Morgan fingerprint density at radius 1 is 1.69 bits per heavy atom. The summed E-state index contributed by atoms with van der Waals surface area (Å²) in [7, 11) is 0. The minimum Gasteiger partial charge on any atom is -0.394 e. The van der Waals surface area contributed by atoms with Gasteiger partial charge in [-0.25, -0.2) is 4.79 Å². The lowest BCUT2D eigenvalue weighted by Gasteiger charge is -2.13. The number of nitrogens with zero attached hydrogens (tertiary/aromatic N) is 1. The monoisotopic (exact) mass is 188 g/mol. The first-order chi connectivity index (χ1) is 6.24. The molecule has 0 bridgehead atoms. The summed E-state index contributed by atoms with van der Waals surface area (Å²) in [4.78, 5) is 12.9. The smallest absolute Gasteiger partial charge is 0.317 e. The van der Waals surface area contributed by atoms with Gasteiger partial charge in [-0.15, -0.1) is 0 Å². The maximum atomic E-state index is 11.2. The van der Waals surface area contributed by atoms with Gasteiger partial charge in [0.15, 0.2) is 0 Å². The molecule has 1 atom stereocenters. The van der Waals surface area contributed by atoms with Crippen LogP contribution in [-0.4, -0.2) is 55.0 Å². The maximum Gasteiger partial charge on any atom is 0.317 e. The molecule has 2 N–H and O–H groups in total. The van der Waals surface area contributed by atoms with Crippen LogP contribution in [0.25, 0.3) is 0 Å². The fourth-order valence-electron chi connectivity index (χ4n) is 1.30. The fourth-order valence-corrected chi connectivity index (χ4v) is 1.30. The average Bonchev–Trinajstić information content (AvgIpc) is 2.39. The van der Waals surface area contributed by atoms with E-state index in [2.05, 4.69) is 5.32 Å². The predicted molar refractivity (Wildman–Crippen MR) is 47.5 cm³/mol. The quantitative estimate of drug-likeness (QED) is 0.567. The van der Waals surface area contributed by atoms with Crippen LogP contribution in [-0.2, 0) is 4.74 Å². The van der Waals surface area contributed by atoms with Gasteiger partial charge in [-0.3, -0.25) is 0 Å². The number of aliphatic hydroxyl groups is 1. The summed E-state index contributed by atoms with van der Waals surface area (Å²) in [6.07, 6.45) is 0. The lowest BCUT2D eigenvalue weighted by Crippen LogP contribution is -2.31. The van der Waals surface area contributed by atoms with E-state index in [0.717, 1.165) is 6.54 Å². The van der Waals surface area contributed by atoms with Gasteiger partial charge in [-0.2, -0.15) is 0 Å². The van der Waals surface area contributed by atoms with Gasteiger partial charge < -0.3 is 20.1 Å². The van der Waals surface area contributed by atoms with E-state index in [4.69, 9.17) is 9.84 Å². The summed E-state index contributed by atoms with van der Waals surface area (Å²) in [5, 5.41) is 11.2. The van der Waals surface area contributed by atoms with E-state index in [0.29, 0.717) is 19.8 Å². The van der Waals surface area contributed by atoms with Gasteiger partial charge in [0.05, 0.1) is 19.8 Å². The molecule has 1 heterocycles. The predicted octanol–water partition coefficient (Wildman–Crippen LogP) is -0.591. The number of ether oxygens (including phenoxy) is 1. The van der Waals surface area contributed by atoms with Crippen LogP contribution in [0.3, 0.4) is 0 Å². The molecule has 0 radical (unpaired) electrons. The molecule has 2 amide bonds. The van der Waals surface area contributed by atoms with Crippen LogP contribution in [0.5, 0.6) is 0 Å². The van der Waals surface area contributed by atoms with Crippen molar-refractivity contribution in [1.82, 2.24) is 10.2 Å². The molecule has 0 aromatic carbocycles. The third-order valence-corrected chi connectivity index (χ3v) is 1.89. The second kappa shape index (κ2) is 5.04. The van der Waals surface area contributed by atoms with Crippen LogP contribution in [0.2, 0.25) is 0 Å². The third-order valence-electron chi connectivity index (χ3n) is 1.89. The molecule has 0 saturated carbocycles. The Hall–Kier alpha value is -0.810. The number of urea groups is 1. The van der Waals surface area contributed by atoms with Crippen molar-refractivity contribution in [2.24, 2.45) is 0 Å². The molecule has 1 saturated heterocycles. The second-order valence-electron chi connectivity index (χ2n) is 3.13. The maximum absolute atomic E-state index is 11.2. The van der Waals surface area contributed by atoms with E-state index in [1.165, 1.54) is 0 Å². The SMILES string of the molecule is CC1CN(CCOCCO)C(=O)N1. The lowest BCUT2D eigenvalue weighted by atomic mass is 10.4. The Morgan fingerprint density at radius 3 is 3.00 bits per heavy atom. The number of nitrogens with one attached hydrogen (secondary N) is 1. The van der Waals surface area contributed by atoms with E-state index >= 15 is 0 Å². The fraction of sp³-hybridized carbons (Fsp3) is 0.875. The Kier molecular flexibility index (Phi) is 3.98. The minimum absolute atomic E-state index is 0.0277. The van der Waals surface area contributed by atoms with Gasteiger partial charge in [-0.1, -0.05) is 0 Å². The zero-order chi connectivity index (χ0) is 9.68. The number of amides is 2. The normalized spacial score (nSPS) is 22.2. The number of hydrogen-bond acceptors (Lipinski definition) is 3. The lowest BCUT2D eigenvalue weighted by molar-refractivity contribution is 0.0817. The number of aliphatic hydroxyl groups excluding tert-OH is 1. The Labute approximate surface area is 77.7 Å². The van der Waals surface area contributed by atoms with Gasteiger partial charge in [-0.05, 0) is 6.92 Å². The first kappa shape index (κ1) is 10.3. The largest absolute Gasteiger partial charge is 0.394 e. The molecule has 1 fully saturated rings. The van der Waals surface area contributed by atoms with E-state index in [1.807, 2.05) is 6.92 Å². The molecule has 1 unspecified atom stereocenters. The summed E-state index contributed by atoms with van der Waals surface area (Å²) >= 11 is 0. The van der Waals surface area contributed by atoms with Crippen molar-refractivity contribution in [3.05, 3.63) is 0 Å². The van der Waals surface area contributed by atoms with Crippen LogP contribution in [0, 0.1) is 0 Å². The summed E-state index contributed by atoms with van der Waals surface area (Å²) in [6.45, 7) is 4.15. The van der Waals surface area contributed by atoms with Crippen molar-refractivity contribution in [3.8, 4) is 0 Å². The van der Waals surface area contributed by atoms with Crippen molar-refractivity contribution in [3.63, 3.8) is 0 Å². The van der Waals surface area contributed by atoms with Crippen molar-refractivity contribution >= 4 is 6.03 Å². The van der Waals surface area contributed by atoms with Gasteiger partial charge in [0.2, 0.25) is 0 Å². The molecular weight excluding hydrogens is 172 g/mol. The van der Waals surface area contributed by atoms with Gasteiger partial charge in [0, 0.05) is 19.1 Å². The van der Waals surface area contributed by atoms with Crippen molar-refractivity contribution in [2.45, 2.75) is 13.0 Å². The van der Waals surface area contributed by atoms with Crippen LogP contribution in [0.15, 0.2) is 0 Å². The Morgan fingerprint density at radius 2 is 2.46 bits per heavy atom. The number of rotatable bonds is 5. The number of hydrogen-bond donors (Lipinski definition) is 2. The standard InChI is InChI=1S/C8H16N2O3/c1-7-6-10(8(12)9-7)2-4-13-5-3-11/h7,11H,2-6H2,1H3,(H,9,12). The first-order valence-electron chi connectivity index (χ1n) is 4.48. The van der Waals surface area contributed by atoms with Gasteiger partial charge in [0.1, 0.15) is 0 Å². The number of carbonyl (C=O) groups is 1. The molecule has 76 valence electrons. The molecule has 0 aromatic rings. The van der Waals surface area contributed by atoms with E-state index in [9.17, 15) is 4.79 Å². The summed E-state index contributed by atoms with van der Waals surface area (Å²) < 4.78 is 5.06. The summed E-state index contributed by atoms with van der Waals surface area (Å²) in [5.41, 5.74) is 0. The summed E-state index contributed by atoms with van der Waals surface area (Å²) in [5.74, 6) is 0. The second-order valence-corrected chi connectivity index (χ2v) is 3.13. The van der Waals surface area contributed by atoms with Crippen molar-refractivity contribution in [1.29, 1.82) is 0 Å². The highest BCUT2D eigenvalue weighted by atomic mass is 16.5. The number of carbonyl (C=O) groups excluding carboxylic acids is 1. The molecule has 13 heavy (non-hydrogen) atoms. The van der Waals surface area contributed by atoms with Crippen molar-refractivity contribution < 1.29 is 14.6 Å². The molecule has 0 aromatic heterocycles.